The Morgan fingerprint density at radius 2 is 1.81 bits per heavy atom. The third kappa shape index (κ3) is 3.71. The molecule has 0 bridgehead atoms. The number of nitrogens with two attached hydrogens (primary N) is 1. The standard InChI is InChI=1S/C14H18N4O2S/c1-10(2)11-3-5-12(6-4-11)18-21(19,20)13-7-8-16-14(9-13)17-15/h3-10,18H,15H2,1-2H3,(H,16,17). The van der Waals surface area contributed by atoms with Crippen molar-refractivity contribution in [1.82, 2.24) is 4.98 Å². The molecule has 0 aliphatic heterocycles. The first kappa shape index (κ1) is 15.3. The highest BCUT2D eigenvalue weighted by Crippen LogP contribution is 2.20. The van der Waals surface area contributed by atoms with Gasteiger partial charge in [-0.2, -0.15) is 0 Å². The molecule has 4 N–H and O–H groups in total. The lowest BCUT2D eigenvalue weighted by Crippen LogP contribution is -2.15. The van der Waals surface area contributed by atoms with Gasteiger partial charge in [-0.15, -0.1) is 0 Å². The highest BCUT2D eigenvalue weighted by molar-refractivity contribution is 7.92. The first-order valence-electron chi connectivity index (χ1n) is 6.48. The van der Waals surface area contributed by atoms with Crippen molar-refractivity contribution in [2.24, 2.45) is 5.84 Å². The summed E-state index contributed by atoms with van der Waals surface area (Å²) >= 11 is 0. The number of nitrogens with one attached hydrogen (secondary N) is 2. The van der Waals surface area contributed by atoms with E-state index in [4.69, 9.17) is 5.84 Å². The fourth-order valence-corrected chi connectivity index (χ4v) is 2.88. The lowest BCUT2D eigenvalue weighted by atomic mass is 10.0. The second kappa shape index (κ2) is 6.11. The first-order chi connectivity index (χ1) is 9.92. The van der Waals surface area contributed by atoms with Crippen LogP contribution in [0.3, 0.4) is 0 Å². The molecular weight excluding hydrogens is 288 g/mol. The summed E-state index contributed by atoms with van der Waals surface area (Å²) in [5.74, 6) is 5.91. The molecular formula is C14H18N4O2S. The Balaban J connectivity index is 2.24. The molecule has 0 amide bonds. The molecule has 0 aliphatic rings. The van der Waals surface area contributed by atoms with E-state index in [0.717, 1.165) is 5.56 Å². The minimum atomic E-state index is -3.66. The van der Waals surface area contributed by atoms with E-state index < -0.39 is 10.0 Å². The minimum absolute atomic E-state index is 0.0957. The predicted molar refractivity (Wildman–Crippen MR) is 83.4 cm³/mol. The number of aromatic nitrogens is 1. The SMILES string of the molecule is CC(C)c1ccc(NS(=O)(=O)c2ccnc(NN)c2)cc1. The summed E-state index contributed by atoms with van der Waals surface area (Å²) in [4.78, 5) is 3.98. The molecule has 1 aromatic carbocycles. The molecule has 0 fully saturated rings. The number of nitrogen functional groups attached to an aromatic ring is 1. The van der Waals surface area contributed by atoms with Crippen molar-refractivity contribution in [3.63, 3.8) is 0 Å². The third-order valence-electron chi connectivity index (χ3n) is 3.02. The van der Waals surface area contributed by atoms with E-state index in [1.165, 1.54) is 18.3 Å². The molecule has 7 heteroatoms. The second-order valence-corrected chi connectivity index (χ2v) is 6.59. The molecule has 0 saturated heterocycles. The number of rotatable bonds is 5. The quantitative estimate of drug-likeness (QED) is 0.581. The third-order valence-corrected chi connectivity index (χ3v) is 4.40. The summed E-state index contributed by atoms with van der Waals surface area (Å²) in [5, 5.41) is 0. The van der Waals surface area contributed by atoms with Crippen LogP contribution < -0.4 is 16.0 Å². The van der Waals surface area contributed by atoms with Gasteiger partial charge in [-0.1, -0.05) is 26.0 Å². The van der Waals surface area contributed by atoms with Crippen LogP contribution in [0.15, 0.2) is 47.5 Å². The fraction of sp³-hybridized carbons (Fsp3) is 0.214. The maximum absolute atomic E-state index is 12.3. The Kier molecular flexibility index (Phi) is 4.44. The predicted octanol–water partition coefficient (Wildman–Crippen LogP) is 2.29. The highest BCUT2D eigenvalue weighted by Gasteiger charge is 2.15. The molecule has 2 aromatic rings. The molecule has 0 aliphatic carbocycles. The number of nitrogens with zero attached hydrogens (tertiary/aromatic N) is 1. The van der Waals surface area contributed by atoms with Crippen LogP contribution >= 0.6 is 0 Å². The van der Waals surface area contributed by atoms with Crippen LogP contribution in [0.2, 0.25) is 0 Å². The van der Waals surface area contributed by atoms with Gasteiger partial charge in [-0.3, -0.25) is 4.72 Å². The summed E-state index contributed by atoms with van der Waals surface area (Å²) < 4.78 is 27.1. The molecule has 112 valence electrons. The maximum Gasteiger partial charge on any atom is 0.262 e. The Hall–Kier alpha value is -2.12. The molecule has 0 radical (unpaired) electrons. The average molecular weight is 306 g/mol. The number of benzene rings is 1. The normalized spacial score (nSPS) is 11.4. The molecule has 0 atom stereocenters. The van der Waals surface area contributed by atoms with Crippen molar-refractivity contribution in [1.29, 1.82) is 0 Å². The smallest absolute Gasteiger partial charge is 0.262 e. The van der Waals surface area contributed by atoms with Gasteiger partial charge >= 0.3 is 0 Å². The van der Waals surface area contributed by atoms with Crippen molar-refractivity contribution >= 4 is 21.5 Å². The molecule has 21 heavy (non-hydrogen) atoms. The number of pyridine rings is 1. The Bertz CT molecular complexity index is 712. The van der Waals surface area contributed by atoms with Crippen LogP contribution in [0.5, 0.6) is 0 Å². The molecule has 0 spiro atoms. The number of hydrogen-bond acceptors (Lipinski definition) is 5. The van der Waals surface area contributed by atoms with Crippen LogP contribution in [0.25, 0.3) is 0 Å². The Labute approximate surface area is 124 Å². The van der Waals surface area contributed by atoms with Crippen LogP contribution in [0, 0.1) is 0 Å². The molecule has 0 unspecified atom stereocenters. The van der Waals surface area contributed by atoms with Crippen LogP contribution in [0.1, 0.15) is 25.3 Å². The van der Waals surface area contributed by atoms with Crippen molar-refractivity contribution in [3.05, 3.63) is 48.2 Å². The molecule has 1 aromatic heterocycles. The van der Waals surface area contributed by atoms with Crippen molar-refractivity contribution < 1.29 is 8.42 Å². The number of sulfonamides is 1. The van der Waals surface area contributed by atoms with Gasteiger partial charge in [0.15, 0.2) is 0 Å². The van der Waals surface area contributed by atoms with Gasteiger partial charge in [0.2, 0.25) is 0 Å². The van der Waals surface area contributed by atoms with E-state index in [0.29, 0.717) is 11.6 Å². The van der Waals surface area contributed by atoms with E-state index in [-0.39, 0.29) is 10.7 Å². The fourth-order valence-electron chi connectivity index (χ4n) is 1.81. The summed E-state index contributed by atoms with van der Waals surface area (Å²) in [6, 6.07) is 10.1. The zero-order valence-electron chi connectivity index (χ0n) is 11.9. The number of anilines is 2. The summed E-state index contributed by atoms with van der Waals surface area (Å²) in [6.45, 7) is 4.16. The van der Waals surface area contributed by atoms with Crippen molar-refractivity contribution in [2.75, 3.05) is 10.1 Å². The maximum atomic E-state index is 12.3. The summed E-state index contributed by atoms with van der Waals surface area (Å²) in [7, 11) is -3.66. The van der Waals surface area contributed by atoms with E-state index in [1.54, 1.807) is 12.1 Å². The van der Waals surface area contributed by atoms with Crippen molar-refractivity contribution in [2.45, 2.75) is 24.7 Å². The molecule has 6 nitrogen and oxygen atoms in total. The van der Waals surface area contributed by atoms with Gasteiger partial charge < -0.3 is 5.43 Å². The van der Waals surface area contributed by atoms with Crippen LogP contribution in [-0.2, 0) is 10.0 Å². The molecule has 2 rings (SSSR count). The Morgan fingerprint density at radius 1 is 1.14 bits per heavy atom. The second-order valence-electron chi connectivity index (χ2n) is 4.90. The van der Waals surface area contributed by atoms with E-state index >= 15 is 0 Å². The van der Waals surface area contributed by atoms with Crippen LogP contribution in [-0.4, -0.2) is 13.4 Å². The topological polar surface area (TPSA) is 97.1 Å². The van der Waals surface area contributed by atoms with E-state index in [2.05, 4.69) is 29.0 Å². The Morgan fingerprint density at radius 3 is 2.38 bits per heavy atom. The first-order valence-corrected chi connectivity index (χ1v) is 7.96. The van der Waals surface area contributed by atoms with Gasteiger partial charge in [0.1, 0.15) is 5.82 Å². The van der Waals surface area contributed by atoms with Crippen molar-refractivity contribution in [3.8, 4) is 0 Å². The summed E-state index contributed by atoms with van der Waals surface area (Å²) in [6.07, 6.45) is 1.38. The average Bonchev–Trinajstić information content (AvgIpc) is 2.47. The minimum Gasteiger partial charge on any atom is -0.308 e. The summed E-state index contributed by atoms with van der Waals surface area (Å²) in [5.41, 5.74) is 3.98. The monoisotopic (exact) mass is 306 g/mol. The van der Waals surface area contributed by atoms with E-state index in [1.807, 2.05) is 12.1 Å². The molecule has 1 heterocycles. The van der Waals surface area contributed by atoms with Crippen LogP contribution in [0.4, 0.5) is 11.5 Å². The zero-order chi connectivity index (χ0) is 15.5. The largest absolute Gasteiger partial charge is 0.308 e. The van der Waals surface area contributed by atoms with E-state index in [9.17, 15) is 8.42 Å². The zero-order valence-corrected chi connectivity index (χ0v) is 12.7. The molecule has 0 saturated carbocycles. The van der Waals surface area contributed by atoms with Gasteiger partial charge in [0.25, 0.3) is 10.0 Å². The highest BCUT2D eigenvalue weighted by atomic mass is 32.2. The van der Waals surface area contributed by atoms with Gasteiger partial charge in [-0.05, 0) is 29.7 Å². The number of hydrogen-bond donors (Lipinski definition) is 3. The lowest BCUT2D eigenvalue weighted by Gasteiger charge is -2.10. The van der Waals surface area contributed by atoms with Gasteiger partial charge in [-0.25, -0.2) is 19.2 Å². The lowest BCUT2D eigenvalue weighted by molar-refractivity contribution is 0.601. The van der Waals surface area contributed by atoms with Gasteiger partial charge in [0.05, 0.1) is 4.90 Å². The van der Waals surface area contributed by atoms with Gasteiger partial charge in [0, 0.05) is 18.0 Å². The number of hydrazine groups is 1.